The smallest absolute Gasteiger partial charge is 0.274 e. The Morgan fingerprint density at radius 3 is 2.57 bits per heavy atom. The molecule has 1 atom stereocenters. The summed E-state index contributed by atoms with van der Waals surface area (Å²) in [4.78, 5) is 42.5. The molecule has 0 saturated carbocycles. The van der Waals surface area contributed by atoms with Crippen molar-refractivity contribution in [1.82, 2.24) is 24.9 Å². The molecule has 2 aromatic rings. The van der Waals surface area contributed by atoms with Gasteiger partial charge in [0, 0.05) is 57.9 Å². The molecule has 4 heterocycles. The zero-order valence-corrected chi connectivity index (χ0v) is 20.0. The monoisotopic (exact) mass is 479 g/mol. The lowest BCUT2D eigenvalue weighted by atomic mass is 9.95. The Balaban J connectivity index is 1.17. The highest BCUT2D eigenvalue weighted by atomic mass is 16.5. The predicted molar refractivity (Wildman–Crippen MR) is 129 cm³/mol. The van der Waals surface area contributed by atoms with Crippen LogP contribution in [0.1, 0.15) is 58.6 Å². The number of nitrogens with one attached hydrogen (secondary N) is 1. The number of benzene rings is 1. The SMILES string of the molecule is O=C(NC[C@@H]1CCCO1)C1CCN(C(=O)c2cc3n(n2)CCCN(Cc2ccccc2)C3=O)CC1. The molecule has 0 aliphatic carbocycles. The minimum atomic E-state index is -0.175. The normalized spacial score (nSPS) is 21.0. The second kappa shape index (κ2) is 10.6. The highest BCUT2D eigenvalue weighted by Gasteiger charge is 2.31. The molecule has 0 bridgehead atoms. The first-order valence-electron chi connectivity index (χ1n) is 12.7. The first-order chi connectivity index (χ1) is 17.1. The van der Waals surface area contributed by atoms with Crippen LogP contribution in [-0.2, 0) is 22.6 Å². The van der Waals surface area contributed by atoms with E-state index in [0.717, 1.165) is 31.4 Å². The topological polar surface area (TPSA) is 96.8 Å². The van der Waals surface area contributed by atoms with Crippen molar-refractivity contribution in [3.05, 3.63) is 53.3 Å². The molecule has 0 unspecified atom stereocenters. The van der Waals surface area contributed by atoms with Crippen LogP contribution >= 0.6 is 0 Å². The predicted octanol–water partition coefficient (Wildman–Crippen LogP) is 2.08. The molecule has 3 amide bonds. The molecule has 0 radical (unpaired) electrons. The molecular formula is C26H33N5O4. The number of aryl methyl sites for hydroxylation is 1. The van der Waals surface area contributed by atoms with E-state index in [2.05, 4.69) is 10.4 Å². The van der Waals surface area contributed by atoms with Gasteiger partial charge in [-0.25, -0.2) is 0 Å². The van der Waals surface area contributed by atoms with Gasteiger partial charge in [0.25, 0.3) is 11.8 Å². The van der Waals surface area contributed by atoms with Crippen LogP contribution < -0.4 is 5.32 Å². The van der Waals surface area contributed by atoms with Crippen LogP contribution in [0.4, 0.5) is 0 Å². The van der Waals surface area contributed by atoms with Gasteiger partial charge < -0.3 is 19.9 Å². The Kier molecular flexibility index (Phi) is 7.13. The van der Waals surface area contributed by atoms with Gasteiger partial charge in [0.05, 0.1) is 6.10 Å². The van der Waals surface area contributed by atoms with E-state index in [-0.39, 0.29) is 29.7 Å². The van der Waals surface area contributed by atoms with Gasteiger partial charge >= 0.3 is 0 Å². The summed E-state index contributed by atoms with van der Waals surface area (Å²) in [7, 11) is 0. The van der Waals surface area contributed by atoms with Crippen molar-refractivity contribution in [1.29, 1.82) is 0 Å². The van der Waals surface area contributed by atoms with E-state index < -0.39 is 0 Å². The highest BCUT2D eigenvalue weighted by molar-refractivity contribution is 5.98. The van der Waals surface area contributed by atoms with Crippen molar-refractivity contribution in [2.24, 2.45) is 5.92 Å². The molecule has 3 aliphatic heterocycles. The summed E-state index contributed by atoms with van der Waals surface area (Å²) in [5.74, 6) is -0.316. The number of amides is 3. The quantitative estimate of drug-likeness (QED) is 0.684. The van der Waals surface area contributed by atoms with E-state index in [1.807, 2.05) is 35.2 Å². The number of hydrogen-bond donors (Lipinski definition) is 1. The number of ether oxygens (including phenoxy) is 1. The number of carbonyl (C=O) groups excluding carboxylic acids is 3. The maximum absolute atomic E-state index is 13.2. The van der Waals surface area contributed by atoms with Gasteiger partial charge in [-0.15, -0.1) is 0 Å². The van der Waals surface area contributed by atoms with Crippen molar-refractivity contribution in [2.75, 3.05) is 32.8 Å². The number of carbonyl (C=O) groups is 3. The minimum Gasteiger partial charge on any atom is -0.376 e. The van der Waals surface area contributed by atoms with Crippen LogP contribution in [0.5, 0.6) is 0 Å². The maximum Gasteiger partial charge on any atom is 0.274 e. The standard InChI is InChI=1S/C26H33N5O4/c32-24(27-17-21-8-4-15-35-21)20-9-13-29(14-10-20)25(33)22-16-23-26(34)30(11-5-12-31(23)28-22)18-19-6-2-1-3-7-19/h1-3,6-7,16,20-21H,4-5,8-15,17-18H2,(H,27,32)/t21-/m0/s1. The lowest BCUT2D eigenvalue weighted by Crippen LogP contribution is -2.44. The second-order valence-electron chi connectivity index (χ2n) is 9.65. The number of nitrogens with zero attached hydrogens (tertiary/aromatic N) is 4. The average Bonchev–Trinajstić information content (AvgIpc) is 3.54. The molecule has 9 heteroatoms. The van der Waals surface area contributed by atoms with Gasteiger partial charge in [0.2, 0.25) is 5.91 Å². The van der Waals surface area contributed by atoms with Gasteiger partial charge in [-0.05, 0) is 37.7 Å². The van der Waals surface area contributed by atoms with Crippen molar-refractivity contribution < 1.29 is 19.1 Å². The average molecular weight is 480 g/mol. The first-order valence-corrected chi connectivity index (χ1v) is 12.7. The van der Waals surface area contributed by atoms with E-state index in [1.54, 1.807) is 15.6 Å². The molecule has 1 aromatic carbocycles. The number of aromatic nitrogens is 2. The van der Waals surface area contributed by atoms with Crippen molar-refractivity contribution in [3.8, 4) is 0 Å². The van der Waals surface area contributed by atoms with Crippen LogP contribution in [-0.4, -0.2) is 76.2 Å². The number of piperidine rings is 1. The Labute approximate surface area is 205 Å². The lowest BCUT2D eigenvalue weighted by molar-refractivity contribution is -0.126. The van der Waals surface area contributed by atoms with Crippen molar-refractivity contribution >= 4 is 17.7 Å². The Hall–Kier alpha value is -3.20. The fourth-order valence-electron chi connectivity index (χ4n) is 5.16. The third-order valence-corrected chi connectivity index (χ3v) is 7.20. The molecule has 186 valence electrons. The molecule has 5 rings (SSSR count). The summed E-state index contributed by atoms with van der Waals surface area (Å²) >= 11 is 0. The molecular weight excluding hydrogens is 446 g/mol. The van der Waals surface area contributed by atoms with Crippen LogP contribution in [0.15, 0.2) is 36.4 Å². The van der Waals surface area contributed by atoms with Gasteiger partial charge in [-0.1, -0.05) is 30.3 Å². The van der Waals surface area contributed by atoms with Crippen LogP contribution in [0.25, 0.3) is 0 Å². The highest BCUT2D eigenvalue weighted by Crippen LogP contribution is 2.22. The molecule has 1 aromatic heterocycles. The Bertz CT molecular complexity index is 1050. The van der Waals surface area contributed by atoms with E-state index >= 15 is 0 Å². The molecule has 3 aliphatic rings. The zero-order chi connectivity index (χ0) is 24.2. The fourth-order valence-corrected chi connectivity index (χ4v) is 5.16. The van der Waals surface area contributed by atoms with Crippen molar-refractivity contribution in [2.45, 2.75) is 51.3 Å². The molecule has 2 saturated heterocycles. The number of fused-ring (bicyclic) bond motifs is 1. The zero-order valence-electron chi connectivity index (χ0n) is 20.0. The van der Waals surface area contributed by atoms with E-state index in [1.165, 1.54) is 0 Å². The summed E-state index contributed by atoms with van der Waals surface area (Å²) in [6.07, 6.45) is 4.21. The molecule has 2 fully saturated rings. The number of likely N-dealkylation sites (tertiary alicyclic amines) is 1. The molecule has 35 heavy (non-hydrogen) atoms. The third kappa shape index (κ3) is 5.40. The second-order valence-corrected chi connectivity index (χ2v) is 9.65. The van der Waals surface area contributed by atoms with Gasteiger partial charge in [-0.2, -0.15) is 5.10 Å². The molecule has 1 N–H and O–H groups in total. The van der Waals surface area contributed by atoms with Gasteiger partial charge in [0.15, 0.2) is 5.69 Å². The van der Waals surface area contributed by atoms with Crippen LogP contribution in [0, 0.1) is 5.92 Å². The van der Waals surface area contributed by atoms with Crippen LogP contribution in [0.3, 0.4) is 0 Å². The molecule has 9 nitrogen and oxygen atoms in total. The summed E-state index contributed by atoms with van der Waals surface area (Å²) in [6.45, 7) is 4.15. The Morgan fingerprint density at radius 1 is 1.03 bits per heavy atom. The van der Waals surface area contributed by atoms with E-state index in [0.29, 0.717) is 63.5 Å². The Morgan fingerprint density at radius 2 is 1.83 bits per heavy atom. The van der Waals surface area contributed by atoms with Gasteiger partial charge in [0.1, 0.15) is 5.69 Å². The maximum atomic E-state index is 13.2. The third-order valence-electron chi connectivity index (χ3n) is 7.20. The number of hydrogen-bond acceptors (Lipinski definition) is 5. The summed E-state index contributed by atoms with van der Waals surface area (Å²) in [5, 5.41) is 7.50. The summed E-state index contributed by atoms with van der Waals surface area (Å²) in [6, 6.07) is 11.6. The lowest BCUT2D eigenvalue weighted by Gasteiger charge is -2.31. The summed E-state index contributed by atoms with van der Waals surface area (Å²) < 4.78 is 7.24. The van der Waals surface area contributed by atoms with E-state index in [9.17, 15) is 14.4 Å². The van der Waals surface area contributed by atoms with Crippen molar-refractivity contribution in [3.63, 3.8) is 0 Å². The fraction of sp³-hybridized carbons (Fsp3) is 0.538. The first kappa shape index (κ1) is 23.5. The summed E-state index contributed by atoms with van der Waals surface area (Å²) in [5.41, 5.74) is 1.84. The minimum absolute atomic E-state index is 0.0467. The van der Waals surface area contributed by atoms with Gasteiger partial charge in [-0.3, -0.25) is 19.1 Å². The van der Waals surface area contributed by atoms with E-state index in [4.69, 9.17) is 4.74 Å². The molecule has 0 spiro atoms. The van der Waals surface area contributed by atoms with Crippen LogP contribution in [0.2, 0.25) is 0 Å². The number of rotatable bonds is 6. The largest absolute Gasteiger partial charge is 0.376 e.